The number of anilines is 1. The first-order chi connectivity index (χ1) is 9.88. The van der Waals surface area contributed by atoms with E-state index in [-0.39, 0.29) is 0 Å². The van der Waals surface area contributed by atoms with Crippen molar-refractivity contribution in [3.05, 3.63) is 0 Å². The number of morpholine rings is 1. The van der Waals surface area contributed by atoms with Gasteiger partial charge in [0.2, 0.25) is 5.95 Å². The van der Waals surface area contributed by atoms with Crippen molar-refractivity contribution in [1.29, 1.82) is 0 Å². The van der Waals surface area contributed by atoms with Crippen LogP contribution in [0.15, 0.2) is 5.16 Å². The standard InChI is InChI=1S/C13H22N4O2S/c1-2-17-12(16-5-8-18-9-6-16)14-15-13(17)20-10-11-4-3-7-19-11/h11H,2-10H2,1H3. The van der Waals surface area contributed by atoms with Gasteiger partial charge < -0.3 is 14.4 Å². The van der Waals surface area contributed by atoms with Gasteiger partial charge in [0.1, 0.15) is 0 Å². The molecular weight excluding hydrogens is 276 g/mol. The minimum absolute atomic E-state index is 0.383. The van der Waals surface area contributed by atoms with Crippen LogP contribution in [0.1, 0.15) is 19.8 Å². The fourth-order valence-electron chi connectivity index (χ4n) is 2.61. The molecule has 0 N–H and O–H groups in total. The molecule has 2 aliphatic heterocycles. The van der Waals surface area contributed by atoms with E-state index in [1.807, 2.05) is 0 Å². The van der Waals surface area contributed by atoms with Crippen LogP contribution in [0.2, 0.25) is 0 Å². The van der Waals surface area contributed by atoms with Gasteiger partial charge in [-0.1, -0.05) is 11.8 Å². The normalized spacial score (nSPS) is 23.4. The third-order valence-corrected chi connectivity index (χ3v) is 4.83. The summed E-state index contributed by atoms with van der Waals surface area (Å²) in [5.74, 6) is 1.95. The molecule has 7 heteroatoms. The smallest absolute Gasteiger partial charge is 0.228 e. The molecule has 1 atom stereocenters. The molecule has 1 aromatic heterocycles. The molecule has 1 unspecified atom stereocenters. The van der Waals surface area contributed by atoms with E-state index in [2.05, 4.69) is 26.6 Å². The lowest BCUT2D eigenvalue weighted by Crippen LogP contribution is -2.38. The predicted molar refractivity (Wildman–Crippen MR) is 78.4 cm³/mol. The van der Waals surface area contributed by atoms with Gasteiger partial charge in [0.05, 0.1) is 19.3 Å². The molecule has 6 nitrogen and oxygen atoms in total. The van der Waals surface area contributed by atoms with E-state index in [1.165, 1.54) is 12.8 Å². The van der Waals surface area contributed by atoms with Crippen molar-refractivity contribution < 1.29 is 9.47 Å². The monoisotopic (exact) mass is 298 g/mol. The Morgan fingerprint density at radius 3 is 2.80 bits per heavy atom. The summed E-state index contributed by atoms with van der Waals surface area (Å²) in [4.78, 5) is 2.26. The second kappa shape index (κ2) is 6.78. The Labute approximate surface area is 123 Å². The van der Waals surface area contributed by atoms with Gasteiger partial charge in [-0.25, -0.2) is 0 Å². The maximum atomic E-state index is 5.67. The molecule has 112 valence electrons. The van der Waals surface area contributed by atoms with Crippen molar-refractivity contribution in [2.75, 3.05) is 43.6 Å². The van der Waals surface area contributed by atoms with Crippen LogP contribution in [0.5, 0.6) is 0 Å². The lowest BCUT2D eigenvalue weighted by Gasteiger charge is -2.27. The van der Waals surface area contributed by atoms with Crippen LogP contribution in [0, 0.1) is 0 Å². The summed E-state index contributed by atoms with van der Waals surface area (Å²) in [6.07, 6.45) is 2.74. The van der Waals surface area contributed by atoms with Gasteiger partial charge in [0, 0.05) is 32.0 Å². The summed E-state index contributed by atoms with van der Waals surface area (Å²) in [5.41, 5.74) is 0. The van der Waals surface area contributed by atoms with Gasteiger partial charge >= 0.3 is 0 Å². The topological polar surface area (TPSA) is 52.4 Å². The van der Waals surface area contributed by atoms with Gasteiger partial charge in [-0.2, -0.15) is 0 Å². The van der Waals surface area contributed by atoms with E-state index in [1.54, 1.807) is 11.8 Å². The van der Waals surface area contributed by atoms with E-state index in [4.69, 9.17) is 9.47 Å². The van der Waals surface area contributed by atoms with Gasteiger partial charge in [-0.3, -0.25) is 4.57 Å². The average molecular weight is 298 g/mol. The predicted octanol–water partition coefficient (Wildman–Crippen LogP) is 1.41. The molecule has 0 bridgehead atoms. The molecule has 0 saturated carbocycles. The third-order valence-electron chi connectivity index (χ3n) is 3.73. The van der Waals surface area contributed by atoms with Crippen molar-refractivity contribution in [3.8, 4) is 0 Å². The number of hydrogen-bond donors (Lipinski definition) is 0. The summed E-state index contributed by atoms with van der Waals surface area (Å²) in [7, 11) is 0. The molecule has 20 heavy (non-hydrogen) atoms. The highest BCUT2D eigenvalue weighted by Crippen LogP contribution is 2.25. The molecule has 0 spiro atoms. The van der Waals surface area contributed by atoms with Crippen LogP contribution in [0.25, 0.3) is 0 Å². The zero-order chi connectivity index (χ0) is 13.8. The van der Waals surface area contributed by atoms with Crippen LogP contribution in [-0.2, 0) is 16.0 Å². The zero-order valence-electron chi connectivity index (χ0n) is 12.0. The first-order valence-electron chi connectivity index (χ1n) is 7.38. The SMILES string of the molecule is CCn1c(SCC2CCCO2)nnc1N1CCOCC1. The van der Waals surface area contributed by atoms with Crippen LogP contribution in [-0.4, -0.2) is 59.5 Å². The molecule has 1 aromatic rings. The number of thioether (sulfide) groups is 1. The highest BCUT2D eigenvalue weighted by molar-refractivity contribution is 7.99. The minimum atomic E-state index is 0.383. The van der Waals surface area contributed by atoms with Crippen molar-refractivity contribution in [1.82, 2.24) is 14.8 Å². The maximum Gasteiger partial charge on any atom is 0.228 e. The number of hydrogen-bond acceptors (Lipinski definition) is 6. The summed E-state index contributed by atoms with van der Waals surface area (Å²) >= 11 is 1.76. The van der Waals surface area contributed by atoms with Gasteiger partial charge in [-0.05, 0) is 19.8 Å². The Morgan fingerprint density at radius 2 is 2.10 bits per heavy atom. The van der Waals surface area contributed by atoms with Crippen LogP contribution < -0.4 is 4.90 Å². The van der Waals surface area contributed by atoms with Crippen molar-refractivity contribution in [2.45, 2.75) is 37.6 Å². The number of aromatic nitrogens is 3. The zero-order valence-corrected chi connectivity index (χ0v) is 12.8. The van der Waals surface area contributed by atoms with Crippen LogP contribution in [0.3, 0.4) is 0 Å². The Hall–Kier alpha value is -0.790. The second-order valence-corrected chi connectivity index (χ2v) is 6.06. The Morgan fingerprint density at radius 1 is 1.25 bits per heavy atom. The van der Waals surface area contributed by atoms with Crippen molar-refractivity contribution >= 4 is 17.7 Å². The lowest BCUT2D eigenvalue weighted by atomic mass is 10.3. The lowest BCUT2D eigenvalue weighted by molar-refractivity contribution is 0.121. The fourth-order valence-corrected chi connectivity index (χ4v) is 3.67. The highest BCUT2D eigenvalue weighted by atomic mass is 32.2. The van der Waals surface area contributed by atoms with Crippen molar-refractivity contribution in [3.63, 3.8) is 0 Å². The van der Waals surface area contributed by atoms with Crippen molar-refractivity contribution in [2.24, 2.45) is 0 Å². The fraction of sp³-hybridized carbons (Fsp3) is 0.846. The summed E-state index contributed by atoms with van der Waals surface area (Å²) in [5, 5.41) is 9.74. The molecule has 0 aliphatic carbocycles. The Kier molecular flexibility index (Phi) is 4.80. The van der Waals surface area contributed by atoms with E-state index in [0.29, 0.717) is 6.10 Å². The Bertz CT molecular complexity index is 428. The molecular formula is C13H22N4O2S. The highest BCUT2D eigenvalue weighted by Gasteiger charge is 2.21. The molecule has 3 rings (SSSR count). The number of ether oxygens (including phenoxy) is 2. The van der Waals surface area contributed by atoms with E-state index in [0.717, 1.165) is 56.3 Å². The molecule has 0 amide bonds. The third kappa shape index (κ3) is 3.10. The Balaban J connectivity index is 1.66. The second-order valence-electron chi connectivity index (χ2n) is 5.07. The van der Waals surface area contributed by atoms with Gasteiger partial charge in [0.15, 0.2) is 5.16 Å². The number of nitrogens with zero attached hydrogens (tertiary/aromatic N) is 4. The summed E-state index contributed by atoms with van der Waals surface area (Å²) in [6.45, 7) is 7.29. The first kappa shape index (κ1) is 14.2. The first-order valence-corrected chi connectivity index (χ1v) is 8.37. The molecule has 2 saturated heterocycles. The van der Waals surface area contributed by atoms with E-state index in [9.17, 15) is 0 Å². The quantitative estimate of drug-likeness (QED) is 0.766. The van der Waals surface area contributed by atoms with E-state index < -0.39 is 0 Å². The minimum Gasteiger partial charge on any atom is -0.378 e. The average Bonchev–Trinajstić information content (AvgIpc) is 3.15. The summed E-state index contributed by atoms with van der Waals surface area (Å²) < 4.78 is 13.3. The molecule has 2 fully saturated rings. The van der Waals surface area contributed by atoms with Crippen LogP contribution >= 0.6 is 11.8 Å². The molecule has 2 aliphatic rings. The maximum absolute atomic E-state index is 5.67. The number of rotatable bonds is 5. The van der Waals surface area contributed by atoms with Gasteiger partial charge in [-0.15, -0.1) is 10.2 Å². The largest absolute Gasteiger partial charge is 0.378 e. The molecule has 0 radical (unpaired) electrons. The van der Waals surface area contributed by atoms with Crippen LogP contribution in [0.4, 0.5) is 5.95 Å². The van der Waals surface area contributed by atoms with Gasteiger partial charge in [0.25, 0.3) is 0 Å². The molecule has 3 heterocycles. The van der Waals surface area contributed by atoms with E-state index >= 15 is 0 Å². The molecule has 0 aromatic carbocycles. The summed E-state index contributed by atoms with van der Waals surface area (Å²) in [6, 6.07) is 0.